The van der Waals surface area contributed by atoms with Crippen LogP contribution in [0.2, 0.25) is 0 Å². The van der Waals surface area contributed by atoms with E-state index in [1.165, 1.54) is 6.20 Å². The van der Waals surface area contributed by atoms with Crippen LogP contribution < -0.4 is 4.90 Å². The van der Waals surface area contributed by atoms with Crippen molar-refractivity contribution in [2.75, 3.05) is 38.3 Å². The van der Waals surface area contributed by atoms with Gasteiger partial charge in [-0.05, 0) is 37.3 Å². The van der Waals surface area contributed by atoms with Crippen molar-refractivity contribution in [1.82, 2.24) is 9.88 Å². The van der Waals surface area contributed by atoms with Gasteiger partial charge in [0, 0.05) is 52.0 Å². The highest BCUT2D eigenvalue weighted by Crippen LogP contribution is 2.32. The molecule has 1 amide bonds. The molecule has 2 fully saturated rings. The van der Waals surface area contributed by atoms with Crippen molar-refractivity contribution in [2.24, 2.45) is 5.92 Å². The Labute approximate surface area is 147 Å². The number of likely N-dealkylation sites (tertiary alicyclic amines) is 1. The fraction of sp³-hybridized carbons (Fsp3) is 0.611. The second-order valence-corrected chi connectivity index (χ2v) is 6.74. The van der Waals surface area contributed by atoms with Gasteiger partial charge >= 0.3 is 5.97 Å². The Hall–Kier alpha value is -2.15. The first-order valence-corrected chi connectivity index (χ1v) is 8.83. The molecule has 1 N–H and O–H groups in total. The number of amides is 1. The fourth-order valence-electron chi connectivity index (χ4n) is 3.93. The average molecular weight is 347 g/mol. The third-order valence-corrected chi connectivity index (χ3v) is 5.21. The van der Waals surface area contributed by atoms with Gasteiger partial charge in [-0.25, -0.2) is 9.78 Å². The minimum absolute atomic E-state index is 0.200. The number of nitrogens with zero attached hydrogens (tertiary/aromatic N) is 3. The number of fused-ring (bicyclic) bond motifs is 1. The summed E-state index contributed by atoms with van der Waals surface area (Å²) in [4.78, 5) is 31.8. The molecule has 0 spiro atoms. The Morgan fingerprint density at radius 2 is 2.24 bits per heavy atom. The average Bonchev–Trinajstić information content (AvgIpc) is 2.63. The van der Waals surface area contributed by atoms with Crippen LogP contribution in [0.5, 0.6) is 0 Å². The third kappa shape index (κ3) is 3.92. The molecular formula is C18H25N3O4. The van der Waals surface area contributed by atoms with Crippen molar-refractivity contribution in [1.29, 1.82) is 0 Å². The maximum Gasteiger partial charge on any atom is 0.337 e. The third-order valence-electron chi connectivity index (χ3n) is 5.21. The second kappa shape index (κ2) is 7.82. The van der Waals surface area contributed by atoms with E-state index in [1.54, 1.807) is 19.2 Å². The molecule has 2 saturated heterocycles. The number of methoxy groups -OCH3 is 1. The highest BCUT2D eigenvalue weighted by atomic mass is 16.5. The number of rotatable bonds is 6. The molecule has 0 radical (unpaired) electrons. The van der Waals surface area contributed by atoms with Crippen LogP contribution in [0.3, 0.4) is 0 Å². The van der Waals surface area contributed by atoms with E-state index in [4.69, 9.17) is 9.84 Å². The van der Waals surface area contributed by atoms with Crippen molar-refractivity contribution in [3.8, 4) is 0 Å². The van der Waals surface area contributed by atoms with Crippen LogP contribution in [-0.4, -0.2) is 66.3 Å². The number of anilines is 1. The summed E-state index contributed by atoms with van der Waals surface area (Å²) in [5, 5.41) is 8.98. The Morgan fingerprint density at radius 1 is 1.40 bits per heavy atom. The molecule has 2 atom stereocenters. The van der Waals surface area contributed by atoms with Crippen LogP contribution in [0.15, 0.2) is 18.3 Å². The molecular weight excluding hydrogens is 322 g/mol. The number of carbonyl (C=O) groups is 2. The standard InChI is InChI=1S/C18H25N3O4/c1-25-10-2-8-21-15-7-9-20(12-14(15)4-6-17(21)22)16-5-3-13(11-19-16)18(23)24/h3,5,11,14-15H,2,4,6-10,12H2,1H3,(H,23,24)/t14-,15+/m0/s1. The summed E-state index contributed by atoms with van der Waals surface area (Å²) in [6, 6.07) is 3.67. The SMILES string of the molecule is COCCCN1C(=O)CC[C@H]2CN(c3ccc(C(=O)O)cn3)CC[C@H]21. The van der Waals surface area contributed by atoms with Crippen molar-refractivity contribution in [3.05, 3.63) is 23.9 Å². The van der Waals surface area contributed by atoms with Crippen molar-refractivity contribution >= 4 is 17.7 Å². The molecule has 1 aromatic rings. The summed E-state index contributed by atoms with van der Waals surface area (Å²) in [5.74, 6) is 0.547. The number of hydrogen-bond acceptors (Lipinski definition) is 5. The number of hydrogen-bond donors (Lipinski definition) is 1. The van der Waals surface area contributed by atoms with Crippen LogP contribution in [0.1, 0.15) is 36.0 Å². The first-order chi connectivity index (χ1) is 12.1. The number of carbonyl (C=O) groups excluding carboxylic acids is 1. The first-order valence-electron chi connectivity index (χ1n) is 8.83. The highest BCUT2D eigenvalue weighted by Gasteiger charge is 2.39. The first kappa shape index (κ1) is 17.7. The molecule has 0 bridgehead atoms. The van der Waals surface area contributed by atoms with Gasteiger partial charge in [-0.1, -0.05) is 0 Å². The maximum atomic E-state index is 12.3. The summed E-state index contributed by atoms with van der Waals surface area (Å²) in [6.07, 6.45) is 4.71. The van der Waals surface area contributed by atoms with Crippen LogP contribution >= 0.6 is 0 Å². The highest BCUT2D eigenvalue weighted by molar-refractivity contribution is 5.87. The predicted octanol–water partition coefficient (Wildman–Crippen LogP) is 1.63. The maximum absolute atomic E-state index is 12.3. The Bertz CT molecular complexity index is 619. The summed E-state index contributed by atoms with van der Waals surface area (Å²) in [5.41, 5.74) is 0.200. The molecule has 25 heavy (non-hydrogen) atoms. The van der Waals surface area contributed by atoms with Gasteiger partial charge < -0.3 is 19.6 Å². The van der Waals surface area contributed by atoms with Gasteiger partial charge in [0.05, 0.1) is 5.56 Å². The van der Waals surface area contributed by atoms with E-state index in [-0.39, 0.29) is 11.5 Å². The van der Waals surface area contributed by atoms with E-state index in [9.17, 15) is 9.59 Å². The summed E-state index contributed by atoms with van der Waals surface area (Å²) in [7, 11) is 1.68. The second-order valence-electron chi connectivity index (χ2n) is 6.74. The van der Waals surface area contributed by atoms with Crippen LogP contribution in [0.4, 0.5) is 5.82 Å². The molecule has 1 aromatic heterocycles. The number of pyridine rings is 1. The molecule has 136 valence electrons. The molecule has 3 heterocycles. The summed E-state index contributed by atoms with van der Waals surface area (Å²) in [6.45, 7) is 3.12. The zero-order chi connectivity index (χ0) is 17.8. The van der Waals surface area contributed by atoms with Crippen LogP contribution in [0.25, 0.3) is 0 Å². The number of aromatic nitrogens is 1. The molecule has 7 nitrogen and oxygen atoms in total. The predicted molar refractivity (Wildman–Crippen MR) is 92.7 cm³/mol. The Kier molecular flexibility index (Phi) is 5.53. The van der Waals surface area contributed by atoms with Crippen molar-refractivity contribution < 1.29 is 19.4 Å². The lowest BCUT2D eigenvalue weighted by Crippen LogP contribution is -2.56. The van der Waals surface area contributed by atoms with Gasteiger partial charge in [-0.15, -0.1) is 0 Å². The van der Waals surface area contributed by atoms with Gasteiger partial charge in [-0.3, -0.25) is 4.79 Å². The van der Waals surface area contributed by atoms with Crippen LogP contribution in [0, 0.1) is 5.92 Å². The number of piperidine rings is 2. The summed E-state index contributed by atoms with van der Waals surface area (Å²) >= 11 is 0. The fourth-order valence-corrected chi connectivity index (χ4v) is 3.93. The van der Waals surface area contributed by atoms with Crippen molar-refractivity contribution in [2.45, 2.75) is 31.7 Å². The van der Waals surface area contributed by atoms with Crippen LogP contribution in [-0.2, 0) is 9.53 Å². The monoisotopic (exact) mass is 347 g/mol. The quantitative estimate of drug-likeness (QED) is 0.788. The van der Waals surface area contributed by atoms with E-state index in [0.717, 1.165) is 44.7 Å². The molecule has 0 aromatic carbocycles. The molecule has 0 saturated carbocycles. The molecule has 2 aliphatic rings. The largest absolute Gasteiger partial charge is 0.478 e. The van der Waals surface area contributed by atoms with Gasteiger partial charge in [0.2, 0.25) is 5.91 Å². The molecule has 0 unspecified atom stereocenters. The summed E-state index contributed by atoms with van der Waals surface area (Å²) < 4.78 is 5.11. The lowest BCUT2D eigenvalue weighted by molar-refractivity contribution is -0.139. The molecule has 0 aliphatic carbocycles. The van der Waals surface area contributed by atoms with E-state index >= 15 is 0 Å². The molecule has 7 heteroatoms. The zero-order valence-corrected chi connectivity index (χ0v) is 14.6. The lowest BCUT2D eigenvalue weighted by Gasteiger charge is -2.47. The number of ether oxygens (including phenoxy) is 1. The Balaban J connectivity index is 1.65. The van der Waals surface area contributed by atoms with Gasteiger partial charge in [0.25, 0.3) is 0 Å². The molecule has 2 aliphatic heterocycles. The topological polar surface area (TPSA) is 83.0 Å². The smallest absolute Gasteiger partial charge is 0.337 e. The van der Waals surface area contributed by atoms with Crippen molar-refractivity contribution in [3.63, 3.8) is 0 Å². The van der Waals surface area contributed by atoms with E-state index in [0.29, 0.717) is 25.0 Å². The lowest BCUT2D eigenvalue weighted by atomic mass is 9.83. The normalized spacial score (nSPS) is 23.5. The van der Waals surface area contributed by atoms with E-state index in [1.807, 2.05) is 4.90 Å². The minimum atomic E-state index is -0.963. The molecule has 3 rings (SSSR count). The van der Waals surface area contributed by atoms with Gasteiger partial charge in [-0.2, -0.15) is 0 Å². The number of carboxylic acids is 1. The zero-order valence-electron chi connectivity index (χ0n) is 14.6. The van der Waals surface area contributed by atoms with E-state index in [2.05, 4.69) is 9.88 Å². The van der Waals surface area contributed by atoms with E-state index < -0.39 is 5.97 Å². The number of carboxylic acid groups (broad SMARTS) is 1. The minimum Gasteiger partial charge on any atom is -0.478 e. The Morgan fingerprint density at radius 3 is 2.92 bits per heavy atom. The van der Waals surface area contributed by atoms with Gasteiger partial charge in [0.1, 0.15) is 5.82 Å². The van der Waals surface area contributed by atoms with Gasteiger partial charge in [0.15, 0.2) is 0 Å². The number of aromatic carboxylic acids is 1.